The average molecular weight is 299 g/mol. The molecule has 0 unspecified atom stereocenters. The Morgan fingerprint density at radius 3 is 2.91 bits per heavy atom. The van der Waals surface area contributed by atoms with Crippen LogP contribution in [0.2, 0.25) is 0 Å². The lowest BCUT2D eigenvalue weighted by Crippen LogP contribution is -2.41. The number of hydrogen-bond donors (Lipinski definition) is 1. The summed E-state index contributed by atoms with van der Waals surface area (Å²) in [6.45, 7) is 0.157. The minimum Gasteiger partial charge on any atom is -0.483 e. The van der Waals surface area contributed by atoms with Crippen molar-refractivity contribution in [3.8, 4) is 5.75 Å². The normalized spacial score (nSPS) is 29.2. The van der Waals surface area contributed by atoms with Gasteiger partial charge in [0.25, 0.3) is 5.91 Å². The molecule has 3 heteroatoms. The molecule has 0 saturated heterocycles. The molecule has 1 aromatic rings. The second kappa shape index (κ2) is 5.94. The molecule has 4 rings (SSSR count). The van der Waals surface area contributed by atoms with Gasteiger partial charge < -0.3 is 10.1 Å². The second-order valence-corrected chi connectivity index (χ2v) is 7.24. The molecule has 1 aromatic carbocycles. The molecule has 2 bridgehead atoms. The zero-order chi connectivity index (χ0) is 14.9. The van der Waals surface area contributed by atoms with Gasteiger partial charge in [0.05, 0.1) is 0 Å². The molecule has 1 amide bonds. The lowest BCUT2D eigenvalue weighted by atomic mass is 9.91. The molecule has 2 fully saturated rings. The largest absolute Gasteiger partial charge is 0.483 e. The van der Waals surface area contributed by atoms with Crippen LogP contribution in [0.25, 0.3) is 0 Å². The van der Waals surface area contributed by atoms with Crippen molar-refractivity contribution < 1.29 is 9.53 Å². The van der Waals surface area contributed by atoms with Crippen molar-refractivity contribution in [3.63, 3.8) is 0 Å². The highest BCUT2D eigenvalue weighted by molar-refractivity contribution is 5.78. The molecule has 0 aliphatic heterocycles. The highest BCUT2D eigenvalue weighted by atomic mass is 16.5. The third kappa shape index (κ3) is 2.73. The molecule has 2 saturated carbocycles. The Morgan fingerprint density at radius 2 is 2.09 bits per heavy atom. The van der Waals surface area contributed by atoms with Crippen LogP contribution < -0.4 is 10.1 Å². The molecule has 22 heavy (non-hydrogen) atoms. The summed E-state index contributed by atoms with van der Waals surface area (Å²) in [4.78, 5) is 12.2. The first-order valence-corrected chi connectivity index (χ1v) is 8.82. The van der Waals surface area contributed by atoms with Crippen molar-refractivity contribution in [1.82, 2.24) is 5.32 Å². The molecule has 0 heterocycles. The molecule has 0 aromatic heterocycles. The summed E-state index contributed by atoms with van der Waals surface area (Å²) in [5, 5.41) is 3.20. The van der Waals surface area contributed by atoms with Crippen LogP contribution in [0.15, 0.2) is 18.2 Å². The molecule has 3 aliphatic rings. The van der Waals surface area contributed by atoms with Crippen LogP contribution in [0.4, 0.5) is 0 Å². The van der Waals surface area contributed by atoms with Crippen LogP contribution in [-0.2, 0) is 17.6 Å². The van der Waals surface area contributed by atoms with E-state index in [2.05, 4.69) is 11.4 Å². The summed E-state index contributed by atoms with van der Waals surface area (Å²) in [6, 6.07) is 6.65. The Hall–Kier alpha value is -1.51. The van der Waals surface area contributed by atoms with E-state index in [-0.39, 0.29) is 12.5 Å². The number of fused-ring (bicyclic) bond motifs is 3. The van der Waals surface area contributed by atoms with Crippen molar-refractivity contribution in [2.75, 3.05) is 6.61 Å². The van der Waals surface area contributed by atoms with E-state index in [1.165, 1.54) is 49.7 Å². The topological polar surface area (TPSA) is 38.3 Å². The molecule has 3 aliphatic carbocycles. The standard InChI is InChI=1S/C19H25NO2/c21-19(20-17-11-13-8-9-15(17)10-13)12-22-18-7-3-5-14-4-1-2-6-16(14)18/h3,5,7,13,15,17H,1-2,4,6,8-12H2,(H,20,21)/t13-,15-,17+/m0/s1. The summed E-state index contributed by atoms with van der Waals surface area (Å²) in [7, 11) is 0. The first kappa shape index (κ1) is 14.1. The molecule has 118 valence electrons. The highest BCUT2D eigenvalue weighted by Gasteiger charge is 2.40. The number of amides is 1. The summed E-state index contributed by atoms with van der Waals surface area (Å²) in [5.74, 6) is 2.54. The maximum atomic E-state index is 12.2. The molecule has 3 nitrogen and oxygen atoms in total. The zero-order valence-electron chi connectivity index (χ0n) is 13.1. The minimum atomic E-state index is 0.0472. The number of rotatable bonds is 4. The summed E-state index contributed by atoms with van der Waals surface area (Å²) >= 11 is 0. The van der Waals surface area contributed by atoms with Gasteiger partial charge in [0.1, 0.15) is 5.75 Å². The first-order valence-electron chi connectivity index (χ1n) is 8.82. The summed E-state index contributed by atoms with van der Waals surface area (Å²) < 4.78 is 5.84. The molecular weight excluding hydrogens is 274 g/mol. The number of nitrogens with one attached hydrogen (secondary N) is 1. The quantitative estimate of drug-likeness (QED) is 0.927. The fourth-order valence-corrected chi connectivity index (χ4v) is 4.69. The van der Waals surface area contributed by atoms with Gasteiger partial charge >= 0.3 is 0 Å². The Bertz CT molecular complexity index is 569. The third-order valence-corrected chi connectivity index (χ3v) is 5.80. The predicted octanol–water partition coefficient (Wildman–Crippen LogP) is 3.25. The number of benzene rings is 1. The van der Waals surface area contributed by atoms with Gasteiger partial charge in [-0.05, 0) is 74.0 Å². The SMILES string of the molecule is O=C(COc1cccc2c1CCCC2)N[C@@H]1C[C@H]2CC[C@H]1C2. The van der Waals surface area contributed by atoms with Gasteiger partial charge in [-0.15, -0.1) is 0 Å². The third-order valence-electron chi connectivity index (χ3n) is 5.80. The molecular formula is C19H25NO2. The van der Waals surface area contributed by atoms with Crippen molar-refractivity contribution in [3.05, 3.63) is 29.3 Å². The zero-order valence-corrected chi connectivity index (χ0v) is 13.1. The van der Waals surface area contributed by atoms with Crippen LogP contribution >= 0.6 is 0 Å². The fraction of sp³-hybridized carbons (Fsp3) is 0.632. The summed E-state index contributed by atoms with van der Waals surface area (Å²) in [5.41, 5.74) is 2.72. The van der Waals surface area contributed by atoms with E-state index in [1.807, 2.05) is 12.1 Å². The lowest BCUT2D eigenvalue weighted by Gasteiger charge is -2.23. The predicted molar refractivity (Wildman–Crippen MR) is 86.0 cm³/mol. The van der Waals surface area contributed by atoms with Gasteiger partial charge in [0.2, 0.25) is 0 Å². The summed E-state index contributed by atoms with van der Waals surface area (Å²) in [6.07, 6.45) is 9.87. The van der Waals surface area contributed by atoms with Gasteiger partial charge in [-0.2, -0.15) is 0 Å². The van der Waals surface area contributed by atoms with E-state index < -0.39 is 0 Å². The Morgan fingerprint density at radius 1 is 1.18 bits per heavy atom. The van der Waals surface area contributed by atoms with Crippen LogP contribution in [-0.4, -0.2) is 18.6 Å². The Kier molecular flexibility index (Phi) is 3.81. The van der Waals surface area contributed by atoms with Crippen LogP contribution in [0, 0.1) is 11.8 Å². The first-order chi connectivity index (χ1) is 10.8. The van der Waals surface area contributed by atoms with Gasteiger partial charge in [0.15, 0.2) is 6.61 Å². The van der Waals surface area contributed by atoms with E-state index in [9.17, 15) is 4.79 Å². The van der Waals surface area contributed by atoms with E-state index in [1.54, 1.807) is 0 Å². The van der Waals surface area contributed by atoms with Gasteiger partial charge in [-0.25, -0.2) is 0 Å². The van der Waals surface area contributed by atoms with E-state index in [0.29, 0.717) is 6.04 Å². The minimum absolute atomic E-state index is 0.0472. The van der Waals surface area contributed by atoms with Crippen molar-refractivity contribution in [2.45, 2.75) is 57.4 Å². The fourth-order valence-electron chi connectivity index (χ4n) is 4.69. The maximum Gasteiger partial charge on any atom is 0.258 e. The monoisotopic (exact) mass is 299 g/mol. The molecule has 0 spiro atoms. The Balaban J connectivity index is 1.34. The van der Waals surface area contributed by atoms with Gasteiger partial charge in [-0.1, -0.05) is 18.6 Å². The number of aryl methyl sites for hydroxylation is 1. The van der Waals surface area contributed by atoms with E-state index >= 15 is 0 Å². The second-order valence-electron chi connectivity index (χ2n) is 7.24. The lowest BCUT2D eigenvalue weighted by molar-refractivity contribution is -0.124. The smallest absolute Gasteiger partial charge is 0.258 e. The van der Waals surface area contributed by atoms with Crippen molar-refractivity contribution >= 4 is 5.91 Å². The average Bonchev–Trinajstić information content (AvgIpc) is 3.15. The van der Waals surface area contributed by atoms with Crippen LogP contribution in [0.5, 0.6) is 5.75 Å². The van der Waals surface area contributed by atoms with Gasteiger partial charge in [0, 0.05) is 6.04 Å². The number of carbonyl (C=O) groups excluding carboxylic acids is 1. The molecule has 1 N–H and O–H groups in total. The van der Waals surface area contributed by atoms with Crippen molar-refractivity contribution in [2.24, 2.45) is 11.8 Å². The number of hydrogen-bond acceptors (Lipinski definition) is 2. The van der Waals surface area contributed by atoms with E-state index in [0.717, 1.165) is 30.4 Å². The Labute approximate surface area is 132 Å². The van der Waals surface area contributed by atoms with Gasteiger partial charge in [-0.3, -0.25) is 4.79 Å². The number of carbonyl (C=O) groups is 1. The molecule has 0 radical (unpaired) electrons. The van der Waals surface area contributed by atoms with Crippen molar-refractivity contribution in [1.29, 1.82) is 0 Å². The highest BCUT2D eigenvalue weighted by Crippen LogP contribution is 2.44. The van der Waals surface area contributed by atoms with Crippen LogP contribution in [0.3, 0.4) is 0 Å². The number of ether oxygens (including phenoxy) is 1. The van der Waals surface area contributed by atoms with E-state index in [4.69, 9.17) is 4.74 Å². The maximum absolute atomic E-state index is 12.2. The van der Waals surface area contributed by atoms with Crippen LogP contribution in [0.1, 0.15) is 49.7 Å². The molecule has 3 atom stereocenters.